The molecule has 0 saturated carbocycles. The molecule has 0 bridgehead atoms. The predicted molar refractivity (Wildman–Crippen MR) is 107 cm³/mol. The molecule has 0 saturated heterocycles. The van der Waals surface area contributed by atoms with Gasteiger partial charge in [-0.3, -0.25) is 14.4 Å². The highest BCUT2D eigenvalue weighted by atomic mass is 16.5. The Hall–Kier alpha value is -3.61. The lowest BCUT2D eigenvalue weighted by Gasteiger charge is -2.08. The van der Waals surface area contributed by atoms with Gasteiger partial charge in [-0.2, -0.15) is 0 Å². The van der Waals surface area contributed by atoms with Gasteiger partial charge in [0.15, 0.2) is 6.61 Å². The number of hydrogen-bond acceptors (Lipinski definition) is 4. The zero-order valence-electron chi connectivity index (χ0n) is 15.5. The van der Waals surface area contributed by atoms with E-state index >= 15 is 0 Å². The van der Waals surface area contributed by atoms with Crippen molar-refractivity contribution < 1.29 is 19.1 Å². The molecule has 0 aliphatic rings. The molecule has 2 amide bonds. The van der Waals surface area contributed by atoms with E-state index in [9.17, 15) is 14.4 Å². The predicted octanol–water partition coefficient (Wildman–Crippen LogP) is 3.24. The van der Waals surface area contributed by atoms with Gasteiger partial charge in [-0.1, -0.05) is 18.2 Å². The summed E-state index contributed by atoms with van der Waals surface area (Å²) in [5.74, 6) is -1.02. The number of aromatic amines is 1. The number of esters is 1. The van der Waals surface area contributed by atoms with Crippen LogP contribution in [0.2, 0.25) is 0 Å². The molecule has 0 unspecified atom stereocenters. The number of fused-ring (bicyclic) bond motifs is 1. The molecular weight excluding hydrogens is 358 g/mol. The molecule has 7 heteroatoms. The summed E-state index contributed by atoms with van der Waals surface area (Å²) in [5, 5.41) is 6.36. The number of amides is 2. The lowest BCUT2D eigenvalue weighted by Crippen LogP contribution is -2.21. The van der Waals surface area contributed by atoms with Crippen molar-refractivity contribution in [2.45, 2.75) is 19.8 Å². The Morgan fingerprint density at radius 3 is 2.36 bits per heavy atom. The number of carbonyl (C=O) groups is 3. The summed E-state index contributed by atoms with van der Waals surface area (Å²) in [4.78, 5) is 38.0. The monoisotopic (exact) mass is 379 g/mol. The molecule has 0 atom stereocenters. The van der Waals surface area contributed by atoms with Crippen molar-refractivity contribution in [3.8, 4) is 0 Å². The average Bonchev–Trinajstić information content (AvgIpc) is 3.09. The normalized spacial score (nSPS) is 10.5. The van der Waals surface area contributed by atoms with E-state index in [4.69, 9.17) is 4.74 Å². The van der Waals surface area contributed by atoms with E-state index in [1.54, 1.807) is 24.3 Å². The summed E-state index contributed by atoms with van der Waals surface area (Å²) in [6.45, 7) is 1.07. The number of H-pyrrole nitrogens is 1. The molecule has 1 aromatic heterocycles. The van der Waals surface area contributed by atoms with E-state index < -0.39 is 11.9 Å². The number of anilines is 2. The van der Waals surface area contributed by atoms with Gasteiger partial charge in [0.05, 0.1) is 0 Å². The number of aromatic nitrogens is 1. The molecule has 0 fully saturated rings. The molecule has 3 rings (SSSR count). The quantitative estimate of drug-likeness (QED) is 0.549. The van der Waals surface area contributed by atoms with Gasteiger partial charge >= 0.3 is 5.97 Å². The number of ether oxygens (including phenoxy) is 1. The van der Waals surface area contributed by atoms with Crippen LogP contribution in [-0.2, 0) is 25.5 Å². The van der Waals surface area contributed by atoms with Crippen molar-refractivity contribution in [3.05, 3.63) is 60.3 Å². The summed E-state index contributed by atoms with van der Waals surface area (Å²) >= 11 is 0. The van der Waals surface area contributed by atoms with Gasteiger partial charge in [0.1, 0.15) is 0 Å². The van der Waals surface area contributed by atoms with Gasteiger partial charge in [-0.15, -0.1) is 0 Å². The zero-order valence-corrected chi connectivity index (χ0v) is 15.5. The summed E-state index contributed by atoms with van der Waals surface area (Å²) in [5.41, 5.74) is 3.24. The number of carbonyl (C=O) groups excluding carboxylic acids is 3. The molecule has 28 heavy (non-hydrogen) atoms. The van der Waals surface area contributed by atoms with E-state index in [1.165, 1.54) is 6.92 Å². The van der Waals surface area contributed by atoms with Crippen molar-refractivity contribution in [3.63, 3.8) is 0 Å². The molecule has 3 N–H and O–H groups in total. The van der Waals surface area contributed by atoms with Crippen molar-refractivity contribution in [1.82, 2.24) is 4.98 Å². The largest absolute Gasteiger partial charge is 0.456 e. The third-order valence-electron chi connectivity index (χ3n) is 4.13. The zero-order chi connectivity index (χ0) is 19.9. The van der Waals surface area contributed by atoms with Crippen LogP contribution in [0.3, 0.4) is 0 Å². The fraction of sp³-hybridized carbons (Fsp3) is 0.190. The fourth-order valence-corrected chi connectivity index (χ4v) is 2.83. The first kappa shape index (κ1) is 19.2. The minimum absolute atomic E-state index is 0.170. The van der Waals surface area contributed by atoms with Crippen LogP contribution in [0.5, 0.6) is 0 Å². The van der Waals surface area contributed by atoms with Crippen LogP contribution in [0.1, 0.15) is 18.9 Å². The summed E-state index contributed by atoms with van der Waals surface area (Å²) in [6.07, 6.45) is 2.62. The second-order valence-electron chi connectivity index (χ2n) is 6.33. The molecule has 0 aliphatic heterocycles. The molecule has 0 aliphatic carbocycles. The molecule has 3 aromatic rings. The number of para-hydroxylation sites is 1. The summed E-state index contributed by atoms with van der Waals surface area (Å²) in [7, 11) is 0. The smallest absolute Gasteiger partial charge is 0.306 e. The van der Waals surface area contributed by atoms with E-state index in [0.717, 1.165) is 16.5 Å². The highest BCUT2D eigenvalue weighted by Gasteiger charge is 2.10. The van der Waals surface area contributed by atoms with Gasteiger partial charge < -0.3 is 20.4 Å². The first-order chi connectivity index (χ1) is 13.5. The number of rotatable bonds is 7. The third kappa shape index (κ3) is 5.20. The second-order valence-corrected chi connectivity index (χ2v) is 6.33. The van der Waals surface area contributed by atoms with Crippen LogP contribution in [0.15, 0.2) is 54.7 Å². The Kier molecular flexibility index (Phi) is 6.06. The van der Waals surface area contributed by atoms with Crippen LogP contribution in [-0.4, -0.2) is 29.4 Å². The van der Waals surface area contributed by atoms with E-state index in [1.807, 2.05) is 30.5 Å². The topological polar surface area (TPSA) is 100 Å². The maximum Gasteiger partial charge on any atom is 0.306 e. The van der Waals surface area contributed by atoms with Crippen LogP contribution in [0, 0.1) is 0 Å². The number of hydrogen-bond donors (Lipinski definition) is 3. The standard InChI is InChI=1S/C21H21N3O4/c1-14(25)23-16-7-9-17(10-8-16)24-20(26)13-28-21(27)11-6-15-12-22-19-5-3-2-4-18(15)19/h2-5,7-10,12,22H,6,11,13H2,1H3,(H,23,25)(H,24,26). The first-order valence-electron chi connectivity index (χ1n) is 8.89. The minimum atomic E-state index is -0.429. The maximum atomic E-state index is 11.9. The van der Waals surface area contributed by atoms with Gasteiger partial charge in [0.2, 0.25) is 5.91 Å². The lowest BCUT2D eigenvalue weighted by molar-refractivity contribution is -0.147. The van der Waals surface area contributed by atoms with Gasteiger partial charge in [0.25, 0.3) is 5.91 Å². The summed E-state index contributed by atoms with van der Waals surface area (Å²) in [6, 6.07) is 14.5. The Morgan fingerprint density at radius 1 is 0.964 bits per heavy atom. The minimum Gasteiger partial charge on any atom is -0.456 e. The van der Waals surface area contributed by atoms with Gasteiger partial charge in [0, 0.05) is 41.8 Å². The molecule has 1 heterocycles. The van der Waals surface area contributed by atoms with Crippen molar-refractivity contribution in [2.24, 2.45) is 0 Å². The van der Waals surface area contributed by atoms with Crippen LogP contribution in [0.4, 0.5) is 11.4 Å². The molecule has 7 nitrogen and oxygen atoms in total. The Morgan fingerprint density at radius 2 is 1.64 bits per heavy atom. The molecule has 144 valence electrons. The molecular formula is C21H21N3O4. The van der Waals surface area contributed by atoms with E-state index in [0.29, 0.717) is 17.8 Å². The number of benzene rings is 2. The van der Waals surface area contributed by atoms with E-state index in [-0.39, 0.29) is 18.9 Å². The highest BCUT2D eigenvalue weighted by Crippen LogP contribution is 2.19. The Balaban J connectivity index is 1.42. The Bertz CT molecular complexity index is 992. The molecule has 0 radical (unpaired) electrons. The third-order valence-corrected chi connectivity index (χ3v) is 4.13. The fourth-order valence-electron chi connectivity index (χ4n) is 2.83. The van der Waals surface area contributed by atoms with Crippen LogP contribution in [0.25, 0.3) is 10.9 Å². The van der Waals surface area contributed by atoms with Crippen molar-refractivity contribution in [1.29, 1.82) is 0 Å². The van der Waals surface area contributed by atoms with Crippen LogP contribution < -0.4 is 10.6 Å². The average molecular weight is 379 g/mol. The SMILES string of the molecule is CC(=O)Nc1ccc(NC(=O)COC(=O)CCc2c[nH]c3ccccc23)cc1. The molecule has 2 aromatic carbocycles. The lowest BCUT2D eigenvalue weighted by atomic mass is 10.1. The maximum absolute atomic E-state index is 11.9. The van der Waals surface area contributed by atoms with Crippen molar-refractivity contribution >= 4 is 40.1 Å². The summed E-state index contributed by atoms with van der Waals surface area (Å²) < 4.78 is 5.04. The van der Waals surface area contributed by atoms with Gasteiger partial charge in [-0.25, -0.2) is 0 Å². The van der Waals surface area contributed by atoms with Crippen molar-refractivity contribution in [2.75, 3.05) is 17.2 Å². The second kappa shape index (κ2) is 8.85. The molecule has 0 spiro atoms. The highest BCUT2D eigenvalue weighted by molar-refractivity contribution is 5.93. The van der Waals surface area contributed by atoms with Gasteiger partial charge in [-0.05, 0) is 42.3 Å². The number of aryl methyl sites for hydroxylation is 1. The van der Waals surface area contributed by atoms with E-state index in [2.05, 4.69) is 15.6 Å². The number of nitrogens with one attached hydrogen (secondary N) is 3. The van der Waals surface area contributed by atoms with Crippen LogP contribution >= 0.6 is 0 Å². The Labute approximate surface area is 162 Å². The first-order valence-corrected chi connectivity index (χ1v) is 8.89.